The topological polar surface area (TPSA) is 139 Å². The van der Waals surface area contributed by atoms with Gasteiger partial charge >= 0.3 is 5.97 Å². The number of thiophene rings is 1. The minimum atomic E-state index is -1.40. The smallest absolute Gasteiger partial charge is 0.326 e. The first-order chi connectivity index (χ1) is 9.40. The molecule has 0 aliphatic heterocycles. The molecule has 5 N–H and O–H groups in total. The van der Waals surface area contributed by atoms with E-state index in [9.17, 15) is 19.2 Å². The van der Waals surface area contributed by atoms with Crippen molar-refractivity contribution < 1.29 is 24.3 Å². The number of nitrogens with two attached hydrogens (primary N) is 1. The van der Waals surface area contributed by atoms with Gasteiger partial charge in [0, 0.05) is 0 Å². The van der Waals surface area contributed by atoms with Crippen LogP contribution in [0.1, 0.15) is 16.1 Å². The Bertz CT molecular complexity index is 514. The predicted molar refractivity (Wildman–Crippen MR) is 70.0 cm³/mol. The Hall–Kier alpha value is -2.42. The quantitative estimate of drug-likeness (QED) is 0.507. The van der Waals surface area contributed by atoms with Gasteiger partial charge in [0.25, 0.3) is 5.91 Å². The van der Waals surface area contributed by atoms with Gasteiger partial charge in [-0.3, -0.25) is 14.4 Å². The molecule has 1 heterocycles. The normalized spacial score (nSPS) is 11.4. The van der Waals surface area contributed by atoms with Crippen LogP contribution in [0.5, 0.6) is 0 Å². The van der Waals surface area contributed by atoms with Gasteiger partial charge in [-0.15, -0.1) is 11.3 Å². The van der Waals surface area contributed by atoms with E-state index in [-0.39, 0.29) is 6.54 Å². The Balaban J connectivity index is 2.44. The SMILES string of the molecule is NC(=O)CC(NC(=O)CNC(=O)c1cccs1)C(=O)O. The molecule has 0 saturated carbocycles. The van der Waals surface area contributed by atoms with Crippen molar-refractivity contribution in [2.45, 2.75) is 12.5 Å². The largest absolute Gasteiger partial charge is 0.480 e. The lowest BCUT2D eigenvalue weighted by atomic mass is 10.2. The van der Waals surface area contributed by atoms with Crippen LogP contribution in [0.4, 0.5) is 0 Å². The molecular weight excluding hydrogens is 286 g/mol. The monoisotopic (exact) mass is 299 g/mol. The molecule has 9 heteroatoms. The van der Waals surface area contributed by atoms with Crippen molar-refractivity contribution in [3.8, 4) is 0 Å². The Morgan fingerprint density at radius 2 is 2.05 bits per heavy atom. The molecule has 20 heavy (non-hydrogen) atoms. The molecule has 1 rings (SSSR count). The van der Waals surface area contributed by atoms with Gasteiger partial charge in [0.15, 0.2) is 0 Å². The van der Waals surface area contributed by atoms with Crippen LogP contribution in [0.15, 0.2) is 17.5 Å². The summed E-state index contributed by atoms with van der Waals surface area (Å²) in [7, 11) is 0. The number of carboxylic acid groups (broad SMARTS) is 1. The number of aliphatic carboxylic acids is 1. The first kappa shape index (κ1) is 15.6. The summed E-state index contributed by atoms with van der Waals surface area (Å²) in [6.07, 6.45) is -0.514. The molecule has 1 aromatic rings. The molecule has 3 amide bonds. The number of carboxylic acids is 1. The lowest BCUT2D eigenvalue weighted by Gasteiger charge is -2.12. The number of rotatable bonds is 7. The van der Waals surface area contributed by atoms with Crippen LogP contribution in [-0.4, -0.2) is 41.4 Å². The van der Waals surface area contributed by atoms with Crippen LogP contribution in [0, 0.1) is 0 Å². The Morgan fingerprint density at radius 3 is 2.55 bits per heavy atom. The van der Waals surface area contributed by atoms with Gasteiger partial charge in [0.1, 0.15) is 6.04 Å². The number of carbonyl (C=O) groups is 4. The van der Waals surface area contributed by atoms with Crippen molar-refractivity contribution in [3.63, 3.8) is 0 Å². The van der Waals surface area contributed by atoms with Crippen molar-refractivity contribution in [3.05, 3.63) is 22.4 Å². The summed E-state index contributed by atoms with van der Waals surface area (Å²) in [4.78, 5) is 44.9. The van der Waals surface area contributed by atoms with Gasteiger partial charge in [-0.05, 0) is 11.4 Å². The average Bonchev–Trinajstić information content (AvgIpc) is 2.88. The van der Waals surface area contributed by atoms with E-state index in [0.29, 0.717) is 4.88 Å². The highest BCUT2D eigenvalue weighted by molar-refractivity contribution is 7.12. The maximum Gasteiger partial charge on any atom is 0.326 e. The summed E-state index contributed by atoms with van der Waals surface area (Å²) in [5.74, 6) is -3.37. The van der Waals surface area contributed by atoms with Crippen LogP contribution in [-0.2, 0) is 14.4 Å². The standard InChI is InChI=1S/C11H13N3O5S/c12-8(15)4-6(11(18)19)14-9(16)5-13-10(17)7-2-1-3-20-7/h1-3,6H,4-5H2,(H2,12,15)(H,13,17)(H,14,16)(H,18,19). The molecule has 0 radical (unpaired) electrons. The van der Waals surface area contributed by atoms with E-state index in [4.69, 9.17) is 10.8 Å². The number of nitrogens with one attached hydrogen (secondary N) is 2. The van der Waals surface area contributed by atoms with Crippen molar-refractivity contribution in [2.24, 2.45) is 5.73 Å². The summed E-state index contributed by atoms with van der Waals surface area (Å²) in [6, 6.07) is 1.87. The third-order valence-corrected chi connectivity index (χ3v) is 3.06. The average molecular weight is 299 g/mol. The first-order valence-electron chi connectivity index (χ1n) is 5.52. The molecule has 0 spiro atoms. The number of hydrogen-bond acceptors (Lipinski definition) is 5. The van der Waals surface area contributed by atoms with Crippen LogP contribution in [0.2, 0.25) is 0 Å². The second-order valence-electron chi connectivity index (χ2n) is 3.79. The maximum absolute atomic E-state index is 11.5. The summed E-state index contributed by atoms with van der Waals surface area (Å²) in [5, 5.41) is 14.9. The Morgan fingerprint density at radius 1 is 1.35 bits per heavy atom. The number of carbonyl (C=O) groups excluding carboxylic acids is 3. The molecule has 1 unspecified atom stereocenters. The fourth-order valence-corrected chi connectivity index (χ4v) is 1.94. The summed E-state index contributed by atoms with van der Waals surface area (Å²) in [6.45, 7) is -0.390. The molecule has 0 fully saturated rings. The lowest BCUT2D eigenvalue weighted by molar-refractivity contribution is -0.143. The highest BCUT2D eigenvalue weighted by Crippen LogP contribution is 2.07. The zero-order chi connectivity index (χ0) is 15.1. The summed E-state index contributed by atoms with van der Waals surface area (Å²) >= 11 is 1.21. The molecule has 108 valence electrons. The predicted octanol–water partition coefficient (Wildman–Crippen LogP) is -1.08. The summed E-state index contributed by atoms with van der Waals surface area (Å²) < 4.78 is 0. The third-order valence-electron chi connectivity index (χ3n) is 2.19. The fourth-order valence-electron chi connectivity index (χ4n) is 1.30. The van der Waals surface area contributed by atoms with Gasteiger partial charge in [0.2, 0.25) is 11.8 Å². The number of hydrogen-bond donors (Lipinski definition) is 4. The highest BCUT2D eigenvalue weighted by atomic mass is 32.1. The number of primary amides is 1. The zero-order valence-electron chi connectivity index (χ0n) is 10.3. The maximum atomic E-state index is 11.5. The van der Waals surface area contributed by atoms with Crippen LogP contribution in [0.25, 0.3) is 0 Å². The van der Waals surface area contributed by atoms with Crippen LogP contribution < -0.4 is 16.4 Å². The van der Waals surface area contributed by atoms with Gasteiger partial charge < -0.3 is 21.5 Å². The molecule has 0 aliphatic rings. The van der Waals surface area contributed by atoms with Crippen molar-refractivity contribution in [1.82, 2.24) is 10.6 Å². The molecule has 1 aromatic heterocycles. The second-order valence-corrected chi connectivity index (χ2v) is 4.74. The van der Waals surface area contributed by atoms with Crippen molar-refractivity contribution >= 4 is 35.0 Å². The van der Waals surface area contributed by atoms with Crippen LogP contribution >= 0.6 is 11.3 Å². The molecule has 0 aliphatic carbocycles. The molecule has 1 atom stereocenters. The van der Waals surface area contributed by atoms with Gasteiger partial charge in [-0.25, -0.2) is 4.79 Å². The molecule has 0 bridgehead atoms. The second kappa shape index (κ2) is 7.24. The summed E-state index contributed by atoms with van der Waals surface area (Å²) in [5.41, 5.74) is 4.87. The van der Waals surface area contributed by atoms with E-state index in [1.165, 1.54) is 11.3 Å². The number of amides is 3. The highest BCUT2D eigenvalue weighted by Gasteiger charge is 2.22. The van der Waals surface area contributed by atoms with E-state index >= 15 is 0 Å². The zero-order valence-corrected chi connectivity index (χ0v) is 11.1. The van der Waals surface area contributed by atoms with Gasteiger partial charge in [-0.2, -0.15) is 0 Å². The fraction of sp³-hybridized carbons (Fsp3) is 0.273. The molecule has 0 saturated heterocycles. The minimum absolute atomic E-state index is 0.390. The minimum Gasteiger partial charge on any atom is -0.480 e. The van der Waals surface area contributed by atoms with E-state index in [1.807, 2.05) is 0 Å². The third kappa shape index (κ3) is 5.06. The molecule has 0 aromatic carbocycles. The van der Waals surface area contributed by atoms with E-state index in [1.54, 1.807) is 17.5 Å². The van der Waals surface area contributed by atoms with Crippen LogP contribution in [0.3, 0.4) is 0 Å². The first-order valence-corrected chi connectivity index (χ1v) is 6.40. The van der Waals surface area contributed by atoms with E-state index in [0.717, 1.165) is 0 Å². The van der Waals surface area contributed by atoms with E-state index < -0.39 is 36.2 Å². The van der Waals surface area contributed by atoms with Crippen molar-refractivity contribution in [1.29, 1.82) is 0 Å². The van der Waals surface area contributed by atoms with Gasteiger partial charge in [0.05, 0.1) is 17.8 Å². The van der Waals surface area contributed by atoms with Crippen molar-refractivity contribution in [2.75, 3.05) is 6.54 Å². The lowest BCUT2D eigenvalue weighted by Crippen LogP contribution is -2.47. The van der Waals surface area contributed by atoms with E-state index in [2.05, 4.69) is 10.6 Å². The van der Waals surface area contributed by atoms with Gasteiger partial charge in [-0.1, -0.05) is 6.07 Å². The Kier molecular flexibility index (Phi) is 5.66. The molecular formula is C11H13N3O5S. The Labute approximate surface area is 118 Å². The molecule has 8 nitrogen and oxygen atoms in total.